The Labute approximate surface area is 151 Å². The zero-order valence-corrected chi connectivity index (χ0v) is 15.2. The number of hydrogen-bond acceptors (Lipinski definition) is 3. The van der Waals surface area contributed by atoms with Gasteiger partial charge >= 0.3 is 0 Å². The SMILES string of the molecule is Cc1nn(CC(=O)NCc2c(C)nn(-c3ccccc3)c2C)cc1Cl. The minimum absolute atomic E-state index is 0.120. The summed E-state index contributed by atoms with van der Waals surface area (Å²) in [6, 6.07) is 9.94. The highest BCUT2D eigenvalue weighted by Crippen LogP contribution is 2.17. The number of carbonyl (C=O) groups is 1. The lowest BCUT2D eigenvalue weighted by Gasteiger charge is -2.07. The Bertz CT molecular complexity index is 878. The highest BCUT2D eigenvalue weighted by Gasteiger charge is 2.14. The van der Waals surface area contributed by atoms with Gasteiger partial charge in [0.1, 0.15) is 6.54 Å². The molecule has 0 bridgehead atoms. The molecule has 2 aromatic heterocycles. The summed E-state index contributed by atoms with van der Waals surface area (Å²) in [5.74, 6) is -0.120. The van der Waals surface area contributed by atoms with Gasteiger partial charge in [-0.15, -0.1) is 0 Å². The van der Waals surface area contributed by atoms with Crippen LogP contribution in [-0.2, 0) is 17.9 Å². The van der Waals surface area contributed by atoms with Crippen LogP contribution in [0.15, 0.2) is 36.5 Å². The van der Waals surface area contributed by atoms with Gasteiger partial charge < -0.3 is 5.32 Å². The van der Waals surface area contributed by atoms with Crippen molar-refractivity contribution in [2.75, 3.05) is 0 Å². The van der Waals surface area contributed by atoms with Crippen molar-refractivity contribution in [3.63, 3.8) is 0 Å². The molecule has 7 heteroatoms. The molecule has 0 radical (unpaired) electrons. The van der Waals surface area contributed by atoms with Gasteiger partial charge in [0, 0.05) is 24.0 Å². The second-order valence-electron chi connectivity index (χ2n) is 5.93. The molecule has 6 nitrogen and oxygen atoms in total. The summed E-state index contributed by atoms with van der Waals surface area (Å²) in [5, 5.41) is 12.3. The van der Waals surface area contributed by atoms with Crippen molar-refractivity contribution >= 4 is 17.5 Å². The van der Waals surface area contributed by atoms with Crippen LogP contribution in [-0.4, -0.2) is 25.5 Å². The Balaban J connectivity index is 1.69. The van der Waals surface area contributed by atoms with Crippen molar-refractivity contribution in [2.45, 2.75) is 33.9 Å². The van der Waals surface area contributed by atoms with Crippen molar-refractivity contribution in [2.24, 2.45) is 0 Å². The standard InChI is InChI=1S/C18H20ClN5O/c1-12-16(14(3)24(22-12)15-7-5-4-6-8-15)9-20-18(25)11-23-10-17(19)13(2)21-23/h4-8,10H,9,11H2,1-3H3,(H,20,25). The number of rotatable bonds is 5. The Kier molecular flexibility index (Phi) is 4.90. The molecule has 0 spiro atoms. The van der Waals surface area contributed by atoms with E-state index in [1.54, 1.807) is 17.8 Å². The molecule has 0 unspecified atom stereocenters. The molecule has 0 fully saturated rings. The second-order valence-corrected chi connectivity index (χ2v) is 6.34. The topological polar surface area (TPSA) is 64.7 Å². The molecule has 0 atom stereocenters. The first-order valence-electron chi connectivity index (χ1n) is 8.02. The maximum Gasteiger partial charge on any atom is 0.242 e. The zero-order valence-electron chi connectivity index (χ0n) is 14.5. The maximum atomic E-state index is 12.2. The van der Waals surface area contributed by atoms with Crippen molar-refractivity contribution < 1.29 is 4.79 Å². The van der Waals surface area contributed by atoms with Crippen LogP contribution in [0.25, 0.3) is 5.69 Å². The fourth-order valence-corrected chi connectivity index (χ4v) is 2.87. The number of nitrogens with zero attached hydrogens (tertiary/aromatic N) is 4. The third kappa shape index (κ3) is 3.74. The van der Waals surface area contributed by atoms with Crippen LogP contribution in [0.5, 0.6) is 0 Å². The number of carbonyl (C=O) groups excluding carboxylic acids is 1. The van der Waals surface area contributed by atoms with Crippen LogP contribution in [0, 0.1) is 20.8 Å². The van der Waals surface area contributed by atoms with E-state index in [2.05, 4.69) is 15.5 Å². The predicted molar refractivity (Wildman–Crippen MR) is 96.9 cm³/mol. The number of nitrogens with one attached hydrogen (secondary N) is 1. The summed E-state index contributed by atoms with van der Waals surface area (Å²) in [6.45, 7) is 6.33. The number of aryl methyl sites for hydroxylation is 2. The summed E-state index contributed by atoms with van der Waals surface area (Å²) in [7, 11) is 0. The predicted octanol–water partition coefficient (Wildman–Crippen LogP) is 2.96. The lowest BCUT2D eigenvalue weighted by Crippen LogP contribution is -2.27. The lowest BCUT2D eigenvalue weighted by molar-refractivity contribution is -0.122. The van der Waals surface area contributed by atoms with Crippen LogP contribution in [0.3, 0.4) is 0 Å². The maximum absolute atomic E-state index is 12.2. The summed E-state index contributed by atoms with van der Waals surface area (Å²) in [6.07, 6.45) is 1.65. The molecule has 2 heterocycles. The molecule has 1 N–H and O–H groups in total. The number of para-hydroxylation sites is 1. The molecule has 0 saturated carbocycles. The second kappa shape index (κ2) is 7.11. The van der Waals surface area contributed by atoms with Crippen LogP contribution in [0.4, 0.5) is 0 Å². The average Bonchev–Trinajstić information content (AvgIpc) is 3.05. The minimum atomic E-state index is -0.120. The number of benzene rings is 1. The Morgan fingerprint density at radius 2 is 1.84 bits per heavy atom. The monoisotopic (exact) mass is 357 g/mol. The number of amides is 1. The summed E-state index contributed by atoms with van der Waals surface area (Å²) in [4.78, 5) is 12.2. The van der Waals surface area contributed by atoms with Gasteiger partial charge in [-0.2, -0.15) is 10.2 Å². The van der Waals surface area contributed by atoms with E-state index in [1.165, 1.54) is 0 Å². The van der Waals surface area contributed by atoms with Crippen molar-refractivity contribution in [1.82, 2.24) is 24.9 Å². The first kappa shape index (κ1) is 17.2. The van der Waals surface area contributed by atoms with E-state index in [-0.39, 0.29) is 12.5 Å². The zero-order chi connectivity index (χ0) is 18.0. The van der Waals surface area contributed by atoms with E-state index in [4.69, 9.17) is 11.6 Å². The van der Waals surface area contributed by atoms with E-state index in [1.807, 2.05) is 48.9 Å². The van der Waals surface area contributed by atoms with Crippen LogP contribution in [0.2, 0.25) is 5.02 Å². The molecule has 3 rings (SSSR count). The highest BCUT2D eigenvalue weighted by atomic mass is 35.5. The molecule has 130 valence electrons. The van der Waals surface area contributed by atoms with E-state index < -0.39 is 0 Å². The number of aromatic nitrogens is 4. The fourth-order valence-electron chi connectivity index (χ4n) is 2.72. The Morgan fingerprint density at radius 1 is 1.12 bits per heavy atom. The smallest absolute Gasteiger partial charge is 0.242 e. The van der Waals surface area contributed by atoms with E-state index in [9.17, 15) is 4.79 Å². The molecule has 0 aliphatic rings. The molecule has 3 aromatic rings. The first-order valence-corrected chi connectivity index (χ1v) is 8.40. The van der Waals surface area contributed by atoms with Gasteiger partial charge in [0.15, 0.2) is 0 Å². The summed E-state index contributed by atoms with van der Waals surface area (Å²) in [5.41, 5.74) is 4.65. The number of hydrogen-bond donors (Lipinski definition) is 1. The third-order valence-electron chi connectivity index (χ3n) is 4.10. The van der Waals surface area contributed by atoms with Gasteiger partial charge in [-0.1, -0.05) is 29.8 Å². The van der Waals surface area contributed by atoms with Gasteiger partial charge in [0.05, 0.1) is 22.1 Å². The molecule has 0 aliphatic heterocycles. The quantitative estimate of drug-likeness (QED) is 0.763. The minimum Gasteiger partial charge on any atom is -0.350 e. The van der Waals surface area contributed by atoms with Crippen molar-refractivity contribution in [3.05, 3.63) is 64.2 Å². The van der Waals surface area contributed by atoms with Crippen LogP contribution >= 0.6 is 11.6 Å². The van der Waals surface area contributed by atoms with Gasteiger partial charge in [0.2, 0.25) is 5.91 Å². The van der Waals surface area contributed by atoms with Crippen molar-refractivity contribution in [3.8, 4) is 5.69 Å². The molecule has 1 amide bonds. The Hall–Kier alpha value is -2.60. The summed E-state index contributed by atoms with van der Waals surface area (Å²) < 4.78 is 3.44. The van der Waals surface area contributed by atoms with Gasteiger partial charge in [0.25, 0.3) is 0 Å². The third-order valence-corrected chi connectivity index (χ3v) is 4.47. The van der Waals surface area contributed by atoms with E-state index >= 15 is 0 Å². The van der Waals surface area contributed by atoms with E-state index in [0.717, 1.165) is 22.6 Å². The normalized spacial score (nSPS) is 10.9. The molecule has 0 aliphatic carbocycles. The van der Waals surface area contributed by atoms with Gasteiger partial charge in [-0.25, -0.2) is 4.68 Å². The largest absolute Gasteiger partial charge is 0.350 e. The van der Waals surface area contributed by atoms with Crippen LogP contribution in [0.1, 0.15) is 22.6 Å². The Morgan fingerprint density at radius 3 is 2.48 bits per heavy atom. The molecule has 25 heavy (non-hydrogen) atoms. The van der Waals surface area contributed by atoms with Crippen LogP contribution < -0.4 is 5.32 Å². The summed E-state index contributed by atoms with van der Waals surface area (Å²) >= 11 is 5.96. The fraction of sp³-hybridized carbons (Fsp3) is 0.278. The van der Waals surface area contributed by atoms with Gasteiger partial charge in [-0.05, 0) is 32.9 Å². The molecule has 0 saturated heterocycles. The molecule has 1 aromatic carbocycles. The first-order chi connectivity index (χ1) is 12.0. The van der Waals surface area contributed by atoms with Crippen molar-refractivity contribution in [1.29, 1.82) is 0 Å². The molecular weight excluding hydrogens is 338 g/mol. The lowest BCUT2D eigenvalue weighted by atomic mass is 10.2. The average molecular weight is 358 g/mol. The number of halogens is 1. The highest BCUT2D eigenvalue weighted by molar-refractivity contribution is 6.31. The van der Waals surface area contributed by atoms with E-state index in [0.29, 0.717) is 17.3 Å². The van der Waals surface area contributed by atoms with Gasteiger partial charge in [-0.3, -0.25) is 9.48 Å². The molecular formula is C18H20ClN5O.